The van der Waals surface area contributed by atoms with Gasteiger partial charge in [0, 0.05) is 24.0 Å². The van der Waals surface area contributed by atoms with Gasteiger partial charge in [0.15, 0.2) is 21.3 Å². The molecular formula is C13H15ClN2O3S. The molecular weight excluding hydrogens is 300 g/mol. The van der Waals surface area contributed by atoms with Crippen LogP contribution in [0.3, 0.4) is 0 Å². The second kappa shape index (κ2) is 5.02. The molecule has 0 amide bonds. The van der Waals surface area contributed by atoms with Gasteiger partial charge >= 0.3 is 0 Å². The Labute approximate surface area is 122 Å². The number of aryl methyl sites for hydroxylation is 1. The number of aromatic nitrogens is 1. The van der Waals surface area contributed by atoms with E-state index in [1.165, 1.54) is 0 Å². The normalized spacial score (nSPS) is 22.2. The predicted molar refractivity (Wildman–Crippen MR) is 77.9 cm³/mol. The number of sulfone groups is 1. The third-order valence-corrected chi connectivity index (χ3v) is 5.36. The smallest absolute Gasteiger partial charge is 0.197 e. The van der Waals surface area contributed by atoms with Gasteiger partial charge in [-0.3, -0.25) is 0 Å². The fraction of sp³-hybridized carbons (Fsp3) is 0.462. The highest BCUT2D eigenvalue weighted by atomic mass is 35.5. The van der Waals surface area contributed by atoms with Crippen LogP contribution in [0.4, 0.5) is 0 Å². The van der Waals surface area contributed by atoms with Gasteiger partial charge in [0.1, 0.15) is 5.52 Å². The molecule has 0 aliphatic carbocycles. The maximum atomic E-state index is 11.6. The second-order valence-electron chi connectivity index (χ2n) is 5.15. The first-order chi connectivity index (χ1) is 9.43. The minimum absolute atomic E-state index is 0.130. The summed E-state index contributed by atoms with van der Waals surface area (Å²) >= 11 is 5.99. The summed E-state index contributed by atoms with van der Waals surface area (Å²) in [5.41, 5.74) is 2.35. The quantitative estimate of drug-likeness (QED) is 0.913. The van der Waals surface area contributed by atoms with Crippen LogP contribution in [-0.2, 0) is 16.3 Å². The van der Waals surface area contributed by atoms with E-state index < -0.39 is 9.84 Å². The number of nitrogens with one attached hydrogen (secondary N) is 1. The summed E-state index contributed by atoms with van der Waals surface area (Å²) in [6.07, 6.45) is 0.463. The van der Waals surface area contributed by atoms with Crippen molar-refractivity contribution in [2.75, 3.05) is 18.1 Å². The minimum atomic E-state index is -2.95. The third-order valence-electron chi connectivity index (χ3n) is 3.41. The van der Waals surface area contributed by atoms with Gasteiger partial charge in [-0.15, -0.1) is 0 Å². The van der Waals surface area contributed by atoms with Crippen molar-refractivity contribution in [3.05, 3.63) is 28.6 Å². The number of hydrogen-bond acceptors (Lipinski definition) is 5. The SMILES string of the molecule is Cc1cc(Cl)cc2nc(CC3CS(=O)(=O)CCN3)oc12. The lowest BCUT2D eigenvalue weighted by atomic mass is 10.2. The van der Waals surface area contributed by atoms with E-state index >= 15 is 0 Å². The van der Waals surface area contributed by atoms with Crippen molar-refractivity contribution < 1.29 is 12.8 Å². The molecule has 1 atom stereocenters. The first-order valence-electron chi connectivity index (χ1n) is 6.42. The molecule has 1 unspecified atom stereocenters. The molecule has 0 saturated carbocycles. The Morgan fingerprint density at radius 1 is 1.50 bits per heavy atom. The Morgan fingerprint density at radius 2 is 2.30 bits per heavy atom. The maximum Gasteiger partial charge on any atom is 0.197 e. The molecule has 1 aliphatic rings. The summed E-state index contributed by atoms with van der Waals surface area (Å²) in [6.45, 7) is 2.39. The van der Waals surface area contributed by atoms with Gasteiger partial charge in [-0.25, -0.2) is 13.4 Å². The average Bonchev–Trinajstić information content (AvgIpc) is 2.70. The number of rotatable bonds is 2. The van der Waals surface area contributed by atoms with Gasteiger partial charge < -0.3 is 9.73 Å². The Morgan fingerprint density at radius 3 is 3.05 bits per heavy atom. The number of benzene rings is 1. The molecule has 1 N–H and O–H groups in total. The second-order valence-corrected chi connectivity index (χ2v) is 7.81. The monoisotopic (exact) mass is 314 g/mol. The third kappa shape index (κ3) is 2.82. The van der Waals surface area contributed by atoms with E-state index in [4.69, 9.17) is 16.0 Å². The van der Waals surface area contributed by atoms with Crippen LogP contribution < -0.4 is 5.32 Å². The van der Waals surface area contributed by atoms with Crippen molar-refractivity contribution in [3.8, 4) is 0 Å². The van der Waals surface area contributed by atoms with Gasteiger partial charge in [0.2, 0.25) is 0 Å². The van der Waals surface area contributed by atoms with Crippen molar-refractivity contribution in [3.63, 3.8) is 0 Å². The minimum Gasteiger partial charge on any atom is -0.440 e. The molecule has 7 heteroatoms. The van der Waals surface area contributed by atoms with E-state index in [2.05, 4.69) is 10.3 Å². The van der Waals surface area contributed by atoms with Crippen LogP contribution in [-0.4, -0.2) is 37.5 Å². The van der Waals surface area contributed by atoms with Crippen molar-refractivity contribution in [2.45, 2.75) is 19.4 Å². The van der Waals surface area contributed by atoms with Gasteiger partial charge in [0.05, 0.1) is 11.5 Å². The van der Waals surface area contributed by atoms with E-state index in [0.29, 0.717) is 35.0 Å². The average molecular weight is 315 g/mol. The zero-order valence-electron chi connectivity index (χ0n) is 11.0. The number of oxazole rings is 1. The molecule has 1 saturated heterocycles. The Bertz CT molecular complexity index is 754. The Balaban J connectivity index is 1.86. The molecule has 0 bridgehead atoms. The lowest BCUT2D eigenvalue weighted by Crippen LogP contribution is -2.46. The van der Waals surface area contributed by atoms with Crippen LogP contribution in [0.5, 0.6) is 0 Å². The standard InChI is InChI=1S/C13H15ClN2O3S/c1-8-4-9(14)5-11-13(8)19-12(16-11)6-10-7-20(17,18)3-2-15-10/h4-5,10,15H,2-3,6-7H2,1H3. The summed E-state index contributed by atoms with van der Waals surface area (Å²) in [5.74, 6) is 0.872. The first-order valence-corrected chi connectivity index (χ1v) is 8.62. The lowest BCUT2D eigenvalue weighted by Gasteiger charge is -2.22. The van der Waals surface area contributed by atoms with E-state index in [1.807, 2.05) is 13.0 Å². The summed E-state index contributed by atoms with van der Waals surface area (Å²) < 4.78 is 28.9. The number of hydrogen-bond donors (Lipinski definition) is 1. The highest BCUT2D eigenvalue weighted by Crippen LogP contribution is 2.24. The molecule has 3 rings (SSSR count). The highest BCUT2D eigenvalue weighted by Gasteiger charge is 2.25. The van der Waals surface area contributed by atoms with Crippen LogP contribution in [0.2, 0.25) is 5.02 Å². The fourth-order valence-corrected chi connectivity index (χ4v) is 4.21. The molecule has 1 aliphatic heterocycles. The van der Waals surface area contributed by atoms with Crippen molar-refractivity contribution >= 4 is 32.5 Å². The van der Waals surface area contributed by atoms with Crippen LogP contribution in [0.1, 0.15) is 11.5 Å². The van der Waals surface area contributed by atoms with Gasteiger partial charge in [-0.05, 0) is 24.6 Å². The molecule has 0 radical (unpaired) electrons. The van der Waals surface area contributed by atoms with E-state index in [9.17, 15) is 8.42 Å². The van der Waals surface area contributed by atoms with Crippen molar-refractivity contribution in [2.24, 2.45) is 0 Å². The number of fused-ring (bicyclic) bond motifs is 1. The van der Waals surface area contributed by atoms with E-state index in [0.717, 1.165) is 5.56 Å². The summed E-state index contributed by atoms with van der Waals surface area (Å²) in [4.78, 5) is 4.39. The van der Waals surface area contributed by atoms with Crippen LogP contribution in [0.15, 0.2) is 16.5 Å². The van der Waals surface area contributed by atoms with E-state index in [1.54, 1.807) is 6.07 Å². The molecule has 0 spiro atoms. The van der Waals surface area contributed by atoms with Gasteiger partial charge in [-0.2, -0.15) is 0 Å². The van der Waals surface area contributed by atoms with Crippen LogP contribution in [0, 0.1) is 6.92 Å². The summed E-state index contributed by atoms with van der Waals surface area (Å²) in [6, 6.07) is 3.43. The largest absolute Gasteiger partial charge is 0.440 e. The molecule has 5 nitrogen and oxygen atoms in total. The fourth-order valence-electron chi connectivity index (χ4n) is 2.50. The predicted octanol–water partition coefficient (Wildman–Crippen LogP) is 1.72. The van der Waals surface area contributed by atoms with Gasteiger partial charge in [0.25, 0.3) is 0 Å². The zero-order valence-corrected chi connectivity index (χ0v) is 12.6. The lowest BCUT2D eigenvalue weighted by molar-refractivity contribution is 0.456. The van der Waals surface area contributed by atoms with Gasteiger partial charge in [-0.1, -0.05) is 11.6 Å². The number of nitrogens with zero attached hydrogens (tertiary/aromatic N) is 1. The Kier molecular flexibility index (Phi) is 3.48. The zero-order chi connectivity index (χ0) is 14.3. The number of halogens is 1. The van der Waals surface area contributed by atoms with Crippen LogP contribution in [0.25, 0.3) is 11.1 Å². The molecule has 108 valence electrons. The topological polar surface area (TPSA) is 72.2 Å². The molecule has 1 aromatic heterocycles. The molecule has 2 heterocycles. The molecule has 2 aromatic rings. The summed E-state index contributed by atoms with van der Waals surface area (Å²) in [7, 11) is -2.95. The maximum absolute atomic E-state index is 11.6. The van der Waals surface area contributed by atoms with Crippen LogP contribution >= 0.6 is 11.6 Å². The van der Waals surface area contributed by atoms with Crippen molar-refractivity contribution in [1.29, 1.82) is 0 Å². The molecule has 1 fully saturated rings. The first kappa shape index (κ1) is 13.9. The van der Waals surface area contributed by atoms with E-state index in [-0.39, 0.29) is 17.5 Å². The summed E-state index contributed by atoms with van der Waals surface area (Å²) in [5, 5.41) is 3.81. The molecule has 1 aromatic carbocycles. The molecule has 20 heavy (non-hydrogen) atoms. The Hall–Kier alpha value is -1.11. The van der Waals surface area contributed by atoms with Crippen molar-refractivity contribution in [1.82, 2.24) is 10.3 Å². The highest BCUT2D eigenvalue weighted by molar-refractivity contribution is 7.91.